The molecule has 1 unspecified atom stereocenters. The first-order valence-corrected chi connectivity index (χ1v) is 12.6. The molecule has 0 spiro atoms. The highest BCUT2D eigenvalue weighted by Gasteiger charge is 2.22. The van der Waals surface area contributed by atoms with Crippen LogP contribution in [0, 0.1) is 0 Å². The third kappa shape index (κ3) is 5.14. The number of benzene rings is 1. The Morgan fingerprint density at radius 2 is 1.88 bits per heavy atom. The van der Waals surface area contributed by atoms with Gasteiger partial charge < -0.3 is 14.0 Å². The molecule has 1 atom stereocenters. The van der Waals surface area contributed by atoms with Crippen LogP contribution in [0.3, 0.4) is 0 Å². The van der Waals surface area contributed by atoms with Crippen LogP contribution in [0.2, 0.25) is 0 Å². The molecular formula is C25H32N4O4S. The molecular weight excluding hydrogens is 452 g/mol. The van der Waals surface area contributed by atoms with Gasteiger partial charge in [-0.05, 0) is 45.1 Å². The van der Waals surface area contributed by atoms with Gasteiger partial charge in [-0.3, -0.25) is 9.36 Å². The van der Waals surface area contributed by atoms with Crippen molar-refractivity contribution in [1.82, 2.24) is 19.7 Å². The molecule has 9 heteroatoms. The van der Waals surface area contributed by atoms with Crippen molar-refractivity contribution in [3.8, 4) is 11.5 Å². The molecule has 0 saturated heterocycles. The Labute approximate surface area is 203 Å². The first-order valence-electron chi connectivity index (χ1n) is 11.8. The van der Waals surface area contributed by atoms with E-state index in [2.05, 4.69) is 16.2 Å². The van der Waals surface area contributed by atoms with Crippen molar-refractivity contribution >= 4 is 22.7 Å². The molecule has 1 aromatic carbocycles. The number of aromatic nitrogens is 4. The number of ether oxygens (including phenoxy) is 2. The Kier molecular flexibility index (Phi) is 7.60. The Balaban J connectivity index is 1.74. The van der Waals surface area contributed by atoms with Crippen molar-refractivity contribution in [3.63, 3.8) is 0 Å². The van der Waals surface area contributed by atoms with Crippen LogP contribution in [0.1, 0.15) is 75.8 Å². The van der Waals surface area contributed by atoms with Crippen LogP contribution < -0.4 is 15.0 Å². The third-order valence-electron chi connectivity index (χ3n) is 6.07. The largest absolute Gasteiger partial charge is 0.493 e. The quantitative estimate of drug-likeness (QED) is 0.218. The number of methoxy groups -OCH3 is 2. The van der Waals surface area contributed by atoms with Gasteiger partial charge in [0.15, 0.2) is 22.5 Å². The number of hydrogen-bond acceptors (Lipinski definition) is 8. The maximum atomic E-state index is 13.6. The third-order valence-corrected chi connectivity index (χ3v) is 7.15. The summed E-state index contributed by atoms with van der Waals surface area (Å²) in [6.45, 7) is 6.60. The molecule has 0 fully saturated rings. The second-order valence-electron chi connectivity index (χ2n) is 8.84. The van der Waals surface area contributed by atoms with Crippen molar-refractivity contribution in [2.75, 3.05) is 14.2 Å². The van der Waals surface area contributed by atoms with E-state index in [1.165, 1.54) is 30.2 Å². The van der Waals surface area contributed by atoms with Crippen LogP contribution in [-0.4, -0.2) is 33.9 Å². The smallest absolute Gasteiger partial charge is 0.262 e. The Morgan fingerprint density at radius 1 is 1.12 bits per heavy atom. The molecule has 4 rings (SSSR count). The highest BCUT2D eigenvalue weighted by molar-refractivity contribution is 7.99. The fourth-order valence-electron chi connectivity index (χ4n) is 4.06. The van der Waals surface area contributed by atoms with E-state index in [0.717, 1.165) is 19.3 Å². The summed E-state index contributed by atoms with van der Waals surface area (Å²) < 4.78 is 18.1. The minimum atomic E-state index is -0.162. The first kappa shape index (κ1) is 24.3. The number of rotatable bonds is 9. The summed E-state index contributed by atoms with van der Waals surface area (Å²) in [6, 6.07) is 3.46. The lowest BCUT2D eigenvalue weighted by Crippen LogP contribution is -2.24. The van der Waals surface area contributed by atoms with E-state index in [-0.39, 0.29) is 16.7 Å². The Hall–Kier alpha value is -2.81. The summed E-state index contributed by atoms with van der Waals surface area (Å²) in [5, 5.41) is 5.05. The van der Waals surface area contributed by atoms with Crippen LogP contribution in [-0.2, 0) is 6.54 Å². The van der Waals surface area contributed by atoms with Crippen LogP contribution in [0.5, 0.6) is 11.5 Å². The standard InChI is InChI=1S/C25H32N4O4S/c1-15(2)22-27-23(33-28-22)16(3)34-25-26-19-14-21(32-5)20(31-4)13-18(19)24(30)29(25)12-11-17-9-7-6-8-10-17/h9,13-16H,6-8,10-12H2,1-5H3. The molecule has 3 aromatic rings. The van der Waals surface area contributed by atoms with E-state index in [1.807, 2.05) is 20.8 Å². The van der Waals surface area contributed by atoms with Gasteiger partial charge in [0.05, 0.1) is 30.4 Å². The lowest BCUT2D eigenvalue weighted by Gasteiger charge is -2.18. The number of nitrogens with zero attached hydrogens (tertiary/aromatic N) is 4. The maximum absolute atomic E-state index is 13.6. The second-order valence-corrected chi connectivity index (χ2v) is 10.1. The molecule has 0 bridgehead atoms. The van der Waals surface area contributed by atoms with Gasteiger partial charge in [-0.2, -0.15) is 4.98 Å². The van der Waals surface area contributed by atoms with Gasteiger partial charge >= 0.3 is 0 Å². The molecule has 2 aromatic heterocycles. The minimum absolute atomic E-state index is 0.0922. The summed E-state index contributed by atoms with van der Waals surface area (Å²) in [7, 11) is 3.13. The predicted octanol–water partition coefficient (Wildman–Crippen LogP) is 5.66. The lowest BCUT2D eigenvalue weighted by molar-refractivity contribution is 0.355. The van der Waals surface area contributed by atoms with Gasteiger partial charge in [0.25, 0.3) is 5.56 Å². The molecule has 0 amide bonds. The average molecular weight is 485 g/mol. The van der Waals surface area contributed by atoms with Crippen LogP contribution in [0.15, 0.2) is 38.3 Å². The van der Waals surface area contributed by atoms with Gasteiger partial charge in [-0.1, -0.05) is 42.4 Å². The second kappa shape index (κ2) is 10.6. The minimum Gasteiger partial charge on any atom is -0.493 e. The van der Waals surface area contributed by atoms with E-state index >= 15 is 0 Å². The fourth-order valence-corrected chi connectivity index (χ4v) is 5.02. The van der Waals surface area contributed by atoms with Crippen molar-refractivity contribution in [2.45, 2.75) is 75.7 Å². The Bertz CT molecular complexity index is 1250. The molecule has 0 saturated carbocycles. The normalized spacial score (nSPS) is 14.9. The van der Waals surface area contributed by atoms with E-state index < -0.39 is 0 Å². The molecule has 2 heterocycles. The molecule has 34 heavy (non-hydrogen) atoms. The number of allylic oxidation sites excluding steroid dienone is 2. The zero-order chi connectivity index (χ0) is 24.2. The maximum Gasteiger partial charge on any atom is 0.262 e. The van der Waals surface area contributed by atoms with Crippen LogP contribution >= 0.6 is 11.8 Å². The summed E-state index contributed by atoms with van der Waals surface area (Å²) in [4.78, 5) is 23.0. The average Bonchev–Trinajstić information content (AvgIpc) is 3.35. The van der Waals surface area contributed by atoms with Crippen molar-refractivity contribution in [1.29, 1.82) is 0 Å². The highest BCUT2D eigenvalue weighted by atomic mass is 32.2. The van der Waals surface area contributed by atoms with Gasteiger partial charge in [0.2, 0.25) is 5.89 Å². The SMILES string of the molecule is COc1cc2nc(SC(C)c3nc(C(C)C)no3)n(CCC3=CCCCC3)c(=O)c2cc1OC. The highest BCUT2D eigenvalue weighted by Crippen LogP contribution is 2.36. The zero-order valence-electron chi connectivity index (χ0n) is 20.5. The van der Waals surface area contributed by atoms with E-state index in [1.54, 1.807) is 30.9 Å². The summed E-state index contributed by atoms with van der Waals surface area (Å²) in [6.07, 6.45) is 7.81. The van der Waals surface area contributed by atoms with E-state index in [4.69, 9.17) is 19.0 Å². The topological polar surface area (TPSA) is 92.3 Å². The van der Waals surface area contributed by atoms with E-state index in [0.29, 0.717) is 45.8 Å². The molecule has 0 N–H and O–H groups in total. The van der Waals surface area contributed by atoms with E-state index in [9.17, 15) is 4.79 Å². The summed E-state index contributed by atoms with van der Waals surface area (Å²) in [5.74, 6) is 2.42. The van der Waals surface area contributed by atoms with Crippen molar-refractivity contribution in [2.24, 2.45) is 0 Å². The summed E-state index contributed by atoms with van der Waals surface area (Å²) in [5.41, 5.74) is 1.89. The number of fused-ring (bicyclic) bond motifs is 1. The molecule has 182 valence electrons. The molecule has 0 aliphatic heterocycles. The summed E-state index contributed by atoms with van der Waals surface area (Å²) >= 11 is 1.45. The predicted molar refractivity (Wildman–Crippen MR) is 133 cm³/mol. The van der Waals surface area contributed by atoms with Gasteiger partial charge in [-0.15, -0.1) is 0 Å². The molecule has 0 radical (unpaired) electrons. The molecule has 8 nitrogen and oxygen atoms in total. The monoisotopic (exact) mass is 484 g/mol. The van der Waals surface area contributed by atoms with Gasteiger partial charge in [-0.25, -0.2) is 4.98 Å². The number of thioether (sulfide) groups is 1. The fraction of sp³-hybridized carbons (Fsp3) is 0.520. The van der Waals surface area contributed by atoms with Crippen molar-refractivity contribution < 1.29 is 14.0 Å². The van der Waals surface area contributed by atoms with Crippen LogP contribution in [0.25, 0.3) is 10.9 Å². The Morgan fingerprint density at radius 3 is 2.53 bits per heavy atom. The van der Waals surface area contributed by atoms with Crippen molar-refractivity contribution in [3.05, 3.63) is 45.9 Å². The molecule has 1 aliphatic carbocycles. The van der Waals surface area contributed by atoms with Gasteiger partial charge in [0, 0.05) is 18.5 Å². The zero-order valence-corrected chi connectivity index (χ0v) is 21.3. The lowest BCUT2D eigenvalue weighted by atomic mass is 9.97. The first-order chi connectivity index (χ1) is 16.4. The van der Waals surface area contributed by atoms with Gasteiger partial charge in [0.1, 0.15) is 0 Å². The molecule has 1 aliphatic rings. The van der Waals surface area contributed by atoms with Crippen LogP contribution in [0.4, 0.5) is 0 Å². The number of hydrogen-bond donors (Lipinski definition) is 0.